The normalized spacial score (nSPS) is 28.6. The predicted octanol–water partition coefficient (Wildman–Crippen LogP) is 2.26. The minimum Gasteiger partial charge on any atom is -0.342 e. The van der Waals surface area contributed by atoms with Gasteiger partial charge in [0.1, 0.15) is 0 Å². The van der Waals surface area contributed by atoms with E-state index in [9.17, 15) is 4.79 Å². The van der Waals surface area contributed by atoms with E-state index in [2.05, 4.69) is 24.0 Å². The zero-order chi connectivity index (χ0) is 12.8. The van der Waals surface area contributed by atoms with Gasteiger partial charge in [-0.05, 0) is 31.4 Å². The Morgan fingerprint density at radius 2 is 1.94 bits per heavy atom. The Kier molecular flexibility index (Phi) is 5.83. The minimum atomic E-state index is 0.304. The third-order valence-corrected chi connectivity index (χ3v) is 5.38. The Morgan fingerprint density at radius 1 is 1.22 bits per heavy atom. The van der Waals surface area contributed by atoms with E-state index in [0.717, 1.165) is 18.3 Å². The maximum Gasteiger partial charge on any atom is 0.236 e. The quantitative estimate of drug-likeness (QED) is 0.832. The van der Waals surface area contributed by atoms with Crippen LogP contribution in [0.2, 0.25) is 0 Å². The molecule has 2 fully saturated rings. The molecule has 2 unspecified atom stereocenters. The highest BCUT2D eigenvalue weighted by Gasteiger charge is 2.26. The maximum atomic E-state index is 12.0. The summed E-state index contributed by atoms with van der Waals surface area (Å²) in [5, 5.41) is 4.24. The molecule has 0 aromatic rings. The van der Waals surface area contributed by atoms with Crippen LogP contribution in [0.5, 0.6) is 0 Å². The van der Waals surface area contributed by atoms with E-state index in [1.54, 1.807) is 0 Å². The lowest BCUT2D eigenvalue weighted by Crippen LogP contribution is -2.46. The third-order valence-electron chi connectivity index (χ3n) is 4.06. The summed E-state index contributed by atoms with van der Waals surface area (Å²) in [6.07, 6.45) is 7.60. The van der Waals surface area contributed by atoms with Crippen LogP contribution >= 0.6 is 11.8 Å². The fraction of sp³-hybridized carbons (Fsp3) is 0.929. The molecule has 18 heavy (non-hydrogen) atoms. The zero-order valence-corrected chi connectivity index (χ0v) is 12.3. The number of nitrogens with one attached hydrogen (secondary N) is 1. The Hall–Kier alpha value is -0.220. The van der Waals surface area contributed by atoms with Gasteiger partial charge in [0.05, 0.1) is 6.54 Å². The van der Waals surface area contributed by atoms with Crippen molar-refractivity contribution >= 4 is 17.7 Å². The number of carbonyl (C=O) groups is 1. The summed E-state index contributed by atoms with van der Waals surface area (Å²) in [7, 11) is 0. The van der Waals surface area contributed by atoms with Gasteiger partial charge in [-0.1, -0.05) is 19.8 Å². The molecule has 4 heteroatoms. The van der Waals surface area contributed by atoms with Crippen molar-refractivity contribution in [1.82, 2.24) is 10.2 Å². The van der Waals surface area contributed by atoms with Crippen LogP contribution in [0.15, 0.2) is 0 Å². The van der Waals surface area contributed by atoms with Gasteiger partial charge >= 0.3 is 0 Å². The smallest absolute Gasteiger partial charge is 0.236 e. The van der Waals surface area contributed by atoms with Gasteiger partial charge < -0.3 is 10.2 Å². The summed E-state index contributed by atoms with van der Waals surface area (Å²) in [4.78, 5) is 14.0. The highest BCUT2D eigenvalue weighted by atomic mass is 32.2. The topological polar surface area (TPSA) is 32.3 Å². The molecular weight excluding hydrogens is 244 g/mol. The molecule has 1 heterocycles. The average molecular weight is 270 g/mol. The van der Waals surface area contributed by atoms with E-state index in [4.69, 9.17) is 0 Å². The fourth-order valence-corrected chi connectivity index (χ4v) is 4.27. The summed E-state index contributed by atoms with van der Waals surface area (Å²) < 4.78 is 0. The molecule has 2 atom stereocenters. The van der Waals surface area contributed by atoms with Crippen molar-refractivity contribution in [2.24, 2.45) is 0 Å². The number of thioether (sulfide) groups is 1. The van der Waals surface area contributed by atoms with Crippen molar-refractivity contribution in [2.75, 3.05) is 25.4 Å². The maximum absolute atomic E-state index is 12.0. The molecule has 1 saturated carbocycles. The SMILES string of the molecule is CCSC1CCCCC1NCC(=O)N1CCCC1. The number of hydrogen-bond acceptors (Lipinski definition) is 3. The summed E-state index contributed by atoms with van der Waals surface area (Å²) in [5.41, 5.74) is 0. The summed E-state index contributed by atoms with van der Waals surface area (Å²) in [5.74, 6) is 1.49. The zero-order valence-electron chi connectivity index (χ0n) is 11.5. The van der Waals surface area contributed by atoms with Gasteiger partial charge in [0.15, 0.2) is 0 Å². The van der Waals surface area contributed by atoms with Crippen LogP contribution in [0.4, 0.5) is 0 Å². The number of rotatable bonds is 5. The Labute approximate surface area is 115 Å². The van der Waals surface area contributed by atoms with Gasteiger partial charge in [-0.2, -0.15) is 11.8 Å². The minimum absolute atomic E-state index is 0.304. The van der Waals surface area contributed by atoms with Gasteiger partial charge in [-0.15, -0.1) is 0 Å². The number of nitrogens with zero attached hydrogens (tertiary/aromatic N) is 1. The van der Waals surface area contributed by atoms with Gasteiger partial charge in [-0.3, -0.25) is 4.79 Å². The fourth-order valence-electron chi connectivity index (χ4n) is 3.04. The summed E-state index contributed by atoms with van der Waals surface area (Å²) >= 11 is 2.06. The van der Waals surface area contributed by atoms with Gasteiger partial charge in [0.25, 0.3) is 0 Å². The van der Waals surface area contributed by atoms with Crippen LogP contribution in [0.3, 0.4) is 0 Å². The van der Waals surface area contributed by atoms with E-state index in [0.29, 0.717) is 18.5 Å². The molecule has 1 saturated heterocycles. The molecule has 2 rings (SSSR count). The van der Waals surface area contributed by atoms with Crippen LogP contribution in [-0.4, -0.2) is 47.5 Å². The third kappa shape index (κ3) is 3.89. The molecule has 1 aliphatic heterocycles. The van der Waals surface area contributed by atoms with Crippen molar-refractivity contribution in [1.29, 1.82) is 0 Å². The van der Waals surface area contributed by atoms with E-state index in [1.165, 1.54) is 44.3 Å². The van der Waals surface area contributed by atoms with Crippen molar-refractivity contribution < 1.29 is 4.79 Å². The Bertz CT molecular complexity index is 265. The second-order valence-corrected chi connectivity index (χ2v) is 6.87. The molecule has 104 valence electrons. The van der Waals surface area contributed by atoms with E-state index < -0.39 is 0 Å². The largest absolute Gasteiger partial charge is 0.342 e. The van der Waals surface area contributed by atoms with E-state index >= 15 is 0 Å². The number of likely N-dealkylation sites (tertiary alicyclic amines) is 1. The van der Waals surface area contributed by atoms with Gasteiger partial charge in [0, 0.05) is 24.4 Å². The first-order chi connectivity index (χ1) is 8.81. The van der Waals surface area contributed by atoms with Crippen LogP contribution in [0.1, 0.15) is 45.4 Å². The standard InChI is InChI=1S/C14H26N2OS/c1-2-18-13-8-4-3-7-12(13)15-11-14(17)16-9-5-6-10-16/h12-13,15H,2-11H2,1H3. The van der Waals surface area contributed by atoms with Crippen molar-refractivity contribution in [2.45, 2.75) is 56.7 Å². The lowest BCUT2D eigenvalue weighted by Gasteiger charge is -2.32. The second-order valence-electron chi connectivity index (χ2n) is 5.35. The lowest BCUT2D eigenvalue weighted by atomic mass is 9.95. The van der Waals surface area contributed by atoms with Crippen molar-refractivity contribution in [3.05, 3.63) is 0 Å². The summed E-state index contributed by atoms with van der Waals surface area (Å²) in [6, 6.07) is 0.551. The van der Waals surface area contributed by atoms with Crippen LogP contribution in [0.25, 0.3) is 0 Å². The van der Waals surface area contributed by atoms with E-state index in [1.807, 2.05) is 4.90 Å². The molecule has 1 N–H and O–H groups in total. The molecule has 0 bridgehead atoms. The highest BCUT2D eigenvalue weighted by Crippen LogP contribution is 2.28. The van der Waals surface area contributed by atoms with Crippen LogP contribution in [0, 0.1) is 0 Å². The first-order valence-electron chi connectivity index (χ1n) is 7.44. The van der Waals surface area contributed by atoms with Crippen molar-refractivity contribution in [3.8, 4) is 0 Å². The highest BCUT2D eigenvalue weighted by molar-refractivity contribution is 7.99. The summed E-state index contributed by atoms with van der Waals surface area (Å²) in [6.45, 7) is 4.72. The molecule has 0 aromatic carbocycles. The number of amides is 1. The monoisotopic (exact) mass is 270 g/mol. The molecule has 2 aliphatic rings. The molecular formula is C14H26N2OS. The van der Waals surface area contributed by atoms with Crippen LogP contribution in [-0.2, 0) is 4.79 Å². The molecule has 3 nitrogen and oxygen atoms in total. The molecule has 1 aliphatic carbocycles. The Balaban J connectivity index is 1.74. The first kappa shape index (κ1) is 14.2. The average Bonchev–Trinajstić information content (AvgIpc) is 2.92. The second kappa shape index (κ2) is 7.39. The van der Waals surface area contributed by atoms with Crippen molar-refractivity contribution in [3.63, 3.8) is 0 Å². The van der Waals surface area contributed by atoms with Crippen LogP contribution < -0.4 is 5.32 Å². The molecule has 1 amide bonds. The van der Waals surface area contributed by atoms with Gasteiger partial charge in [-0.25, -0.2) is 0 Å². The predicted molar refractivity (Wildman–Crippen MR) is 78.0 cm³/mol. The van der Waals surface area contributed by atoms with E-state index in [-0.39, 0.29) is 0 Å². The Morgan fingerprint density at radius 3 is 2.67 bits per heavy atom. The number of carbonyl (C=O) groups excluding carboxylic acids is 1. The first-order valence-corrected chi connectivity index (χ1v) is 8.49. The number of hydrogen-bond donors (Lipinski definition) is 1. The lowest BCUT2D eigenvalue weighted by molar-refractivity contribution is -0.129. The van der Waals surface area contributed by atoms with Gasteiger partial charge in [0.2, 0.25) is 5.91 Å². The molecule has 0 radical (unpaired) electrons. The molecule has 0 spiro atoms. The molecule has 0 aromatic heterocycles.